The first kappa shape index (κ1) is 13.8. The Labute approximate surface area is 118 Å². The lowest BCUT2D eigenvalue weighted by Gasteiger charge is -2.16. The van der Waals surface area contributed by atoms with Gasteiger partial charge in [0.25, 0.3) is 0 Å². The number of aryl methyl sites for hydroxylation is 1. The van der Waals surface area contributed by atoms with Crippen LogP contribution in [0.3, 0.4) is 0 Å². The molecule has 0 aliphatic rings. The van der Waals surface area contributed by atoms with Gasteiger partial charge in [0, 0.05) is 12.6 Å². The highest BCUT2D eigenvalue weighted by atomic mass is 35.5. The number of hydrogen-bond acceptors (Lipinski definition) is 4. The van der Waals surface area contributed by atoms with Crippen molar-refractivity contribution in [2.24, 2.45) is 0 Å². The highest BCUT2D eigenvalue weighted by Gasteiger charge is 2.19. The molecule has 0 saturated carbocycles. The van der Waals surface area contributed by atoms with E-state index < -0.39 is 0 Å². The highest BCUT2D eigenvalue weighted by molar-refractivity contribution is 6.31. The Balaban J connectivity index is 2.71. The second-order valence-corrected chi connectivity index (χ2v) is 5.14. The molecule has 0 radical (unpaired) electrons. The standard InChI is InChI=1S/C13H18ClN5/c1-7(2)10-12(15-5)16-6-17-13(10)19-9(4)11(14)8(3)18-19/h6-7H,1-5H3,(H,15,16,17). The number of rotatable bonds is 3. The molecule has 0 atom stereocenters. The monoisotopic (exact) mass is 279 g/mol. The van der Waals surface area contributed by atoms with Crippen molar-refractivity contribution in [3.05, 3.63) is 28.3 Å². The van der Waals surface area contributed by atoms with E-state index >= 15 is 0 Å². The lowest BCUT2D eigenvalue weighted by Crippen LogP contribution is -2.11. The minimum absolute atomic E-state index is 0.279. The van der Waals surface area contributed by atoms with Crippen LogP contribution in [0.15, 0.2) is 6.33 Å². The number of nitrogens with one attached hydrogen (secondary N) is 1. The summed E-state index contributed by atoms with van der Waals surface area (Å²) in [6.45, 7) is 8.04. The summed E-state index contributed by atoms with van der Waals surface area (Å²) in [6, 6.07) is 0. The molecule has 1 N–H and O–H groups in total. The fourth-order valence-corrected chi connectivity index (χ4v) is 2.23. The molecule has 0 saturated heterocycles. The molecule has 0 aromatic carbocycles. The molecule has 2 rings (SSSR count). The van der Waals surface area contributed by atoms with Crippen LogP contribution >= 0.6 is 11.6 Å². The van der Waals surface area contributed by atoms with Gasteiger partial charge < -0.3 is 5.32 Å². The third-order valence-corrected chi connectivity index (χ3v) is 3.63. The first-order valence-electron chi connectivity index (χ1n) is 6.22. The van der Waals surface area contributed by atoms with Gasteiger partial charge >= 0.3 is 0 Å². The fraction of sp³-hybridized carbons (Fsp3) is 0.462. The lowest BCUT2D eigenvalue weighted by molar-refractivity contribution is 0.754. The molecule has 0 spiro atoms. The van der Waals surface area contributed by atoms with Crippen molar-refractivity contribution in [1.29, 1.82) is 0 Å². The molecule has 0 aliphatic heterocycles. The van der Waals surface area contributed by atoms with Gasteiger partial charge in [-0.15, -0.1) is 0 Å². The quantitative estimate of drug-likeness (QED) is 0.938. The third kappa shape index (κ3) is 2.30. The average molecular weight is 280 g/mol. The van der Waals surface area contributed by atoms with E-state index in [1.165, 1.54) is 6.33 Å². The van der Waals surface area contributed by atoms with Gasteiger partial charge in [0.1, 0.15) is 12.1 Å². The Morgan fingerprint density at radius 2 is 1.95 bits per heavy atom. The van der Waals surface area contributed by atoms with Gasteiger partial charge in [-0.1, -0.05) is 25.4 Å². The molecule has 0 fully saturated rings. The second kappa shape index (κ2) is 5.17. The maximum atomic E-state index is 6.21. The predicted octanol–water partition coefficient (Wildman–Crippen LogP) is 3.10. The zero-order chi connectivity index (χ0) is 14.2. The number of hydrogen-bond donors (Lipinski definition) is 1. The van der Waals surface area contributed by atoms with Gasteiger partial charge in [-0.3, -0.25) is 0 Å². The molecule has 2 heterocycles. The first-order chi connectivity index (χ1) is 8.97. The number of halogens is 1. The highest BCUT2D eigenvalue weighted by Crippen LogP contribution is 2.29. The Hall–Kier alpha value is -1.62. The van der Waals surface area contributed by atoms with Crippen LogP contribution in [0.1, 0.15) is 36.7 Å². The largest absolute Gasteiger partial charge is 0.373 e. The van der Waals surface area contributed by atoms with E-state index in [2.05, 4.69) is 34.2 Å². The van der Waals surface area contributed by atoms with Crippen molar-refractivity contribution < 1.29 is 0 Å². The lowest BCUT2D eigenvalue weighted by atomic mass is 10.0. The zero-order valence-corrected chi connectivity index (χ0v) is 12.6. The summed E-state index contributed by atoms with van der Waals surface area (Å²) in [5, 5.41) is 8.25. The first-order valence-corrected chi connectivity index (χ1v) is 6.59. The zero-order valence-electron chi connectivity index (χ0n) is 11.8. The molecular weight excluding hydrogens is 262 g/mol. The maximum Gasteiger partial charge on any atom is 0.162 e. The number of anilines is 1. The van der Waals surface area contributed by atoms with E-state index in [9.17, 15) is 0 Å². The Morgan fingerprint density at radius 3 is 2.42 bits per heavy atom. The Kier molecular flexibility index (Phi) is 3.75. The fourth-order valence-electron chi connectivity index (χ4n) is 2.12. The van der Waals surface area contributed by atoms with Crippen molar-refractivity contribution in [3.63, 3.8) is 0 Å². The molecule has 19 heavy (non-hydrogen) atoms. The van der Waals surface area contributed by atoms with Crippen LogP contribution in [-0.4, -0.2) is 26.8 Å². The van der Waals surface area contributed by atoms with Gasteiger partial charge in [-0.2, -0.15) is 5.10 Å². The molecule has 2 aromatic heterocycles. The molecule has 0 aliphatic carbocycles. The van der Waals surface area contributed by atoms with Gasteiger partial charge in [0.05, 0.1) is 16.4 Å². The normalized spacial score (nSPS) is 11.1. The Morgan fingerprint density at radius 1 is 1.26 bits per heavy atom. The van der Waals surface area contributed by atoms with Crippen LogP contribution in [0, 0.1) is 13.8 Å². The maximum absolute atomic E-state index is 6.21. The summed E-state index contributed by atoms with van der Waals surface area (Å²) < 4.78 is 1.79. The van der Waals surface area contributed by atoms with Crippen molar-refractivity contribution in [1.82, 2.24) is 19.7 Å². The molecule has 0 amide bonds. The van der Waals surface area contributed by atoms with Crippen LogP contribution in [-0.2, 0) is 0 Å². The van der Waals surface area contributed by atoms with Crippen molar-refractivity contribution >= 4 is 17.4 Å². The van der Waals surface area contributed by atoms with E-state index in [0.717, 1.165) is 28.6 Å². The number of nitrogens with zero attached hydrogens (tertiary/aromatic N) is 4. The Bertz CT molecular complexity index is 603. The van der Waals surface area contributed by atoms with E-state index in [1.807, 2.05) is 20.9 Å². The van der Waals surface area contributed by atoms with Gasteiger partial charge in [0.2, 0.25) is 0 Å². The van der Waals surface area contributed by atoms with E-state index in [1.54, 1.807) is 4.68 Å². The predicted molar refractivity (Wildman–Crippen MR) is 77.3 cm³/mol. The van der Waals surface area contributed by atoms with Crippen molar-refractivity contribution in [2.45, 2.75) is 33.6 Å². The van der Waals surface area contributed by atoms with Crippen LogP contribution in [0.2, 0.25) is 5.02 Å². The minimum atomic E-state index is 0.279. The van der Waals surface area contributed by atoms with Gasteiger partial charge in [0.15, 0.2) is 5.82 Å². The summed E-state index contributed by atoms with van der Waals surface area (Å²) >= 11 is 6.21. The van der Waals surface area contributed by atoms with E-state index in [0.29, 0.717) is 5.02 Å². The van der Waals surface area contributed by atoms with Crippen LogP contribution < -0.4 is 5.32 Å². The molecule has 2 aromatic rings. The van der Waals surface area contributed by atoms with E-state index in [4.69, 9.17) is 11.6 Å². The molecule has 6 heteroatoms. The summed E-state index contributed by atoms with van der Waals surface area (Å²) in [4.78, 5) is 8.65. The smallest absolute Gasteiger partial charge is 0.162 e. The average Bonchev–Trinajstić information content (AvgIpc) is 2.65. The summed E-state index contributed by atoms with van der Waals surface area (Å²) in [5.41, 5.74) is 2.73. The summed E-state index contributed by atoms with van der Waals surface area (Å²) in [7, 11) is 1.85. The minimum Gasteiger partial charge on any atom is -0.373 e. The summed E-state index contributed by atoms with van der Waals surface area (Å²) in [6.07, 6.45) is 1.54. The molecule has 0 bridgehead atoms. The van der Waals surface area contributed by atoms with Crippen molar-refractivity contribution in [3.8, 4) is 5.82 Å². The second-order valence-electron chi connectivity index (χ2n) is 4.76. The molecule has 5 nitrogen and oxygen atoms in total. The van der Waals surface area contributed by atoms with Crippen LogP contribution in [0.4, 0.5) is 5.82 Å². The number of aromatic nitrogens is 4. The topological polar surface area (TPSA) is 55.6 Å². The van der Waals surface area contributed by atoms with Gasteiger partial charge in [-0.05, 0) is 19.8 Å². The molecular formula is C13H18ClN5. The van der Waals surface area contributed by atoms with Crippen LogP contribution in [0.5, 0.6) is 0 Å². The molecule has 0 unspecified atom stereocenters. The van der Waals surface area contributed by atoms with Gasteiger partial charge in [-0.25, -0.2) is 14.6 Å². The third-order valence-electron chi connectivity index (χ3n) is 3.08. The molecule has 102 valence electrons. The van der Waals surface area contributed by atoms with E-state index in [-0.39, 0.29) is 5.92 Å². The van der Waals surface area contributed by atoms with Crippen LogP contribution in [0.25, 0.3) is 5.82 Å². The summed E-state index contributed by atoms with van der Waals surface area (Å²) in [5.74, 6) is 1.88. The van der Waals surface area contributed by atoms with Crippen molar-refractivity contribution in [2.75, 3.05) is 12.4 Å². The SMILES string of the molecule is CNc1ncnc(-n2nc(C)c(Cl)c2C)c1C(C)C.